The minimum absolute atomic E-state index is 0. The van der Waals surface area contributed by atoms with Crippen molar-refractivity contribution in [2.45, 2.75) is 19.3 Å². The fourth-order valence-electron chi connectivity index (χ4n) is 7.50. The predicted octanol–water partition coefficient (Wildman–Crippen LogP) is 8.17. The van der Waals surface area contributed by atoms with Crippen LogP contribution in [-0.4, -0.2) is 14.1 Å². The first-order valence-corrected chi connectivity index (χ1v) is 15.6. The largest absolute Gasteiger partial charge is 0.350 e. The van der Waals surface area contributed by atoms with Gasteiger partial charge in [0.2, 0.25) is 6.33 Å². The average Bonchev–Trinajstić information content (AvgIpc) is 3.59. The van der Waals surface area contributed by atoms with E-state index >= 15 is 0 Å². The van der Waals surface area contributed by atoms with E-state index in [0.717, 1.165) is 45.0 Å². The van der Waals surface area contributed by atoms with Gasteiger partial charge in [-0.3, -0.25) is 0 Å². The number of imidazole rings is 1. The molecule has 0 aliphatic carbocycles. The minimum atomic E-state index is -0.723. The number of para-hydroxylation sites is 2. The van der Waals surface area contributed by atoms with Crippen molar-refractivity contribution in [3.05, 3.63) is 180 Å². The van der Waals surface area contributed by atoms with Crippen LogP contribution in [0, 0.1) is 32.3 Å². The average molecular weight is 786 g/mol. The zero-order chi connectivity index (χ0) is 31.0. The fraction of sp³-hybridized carbons (Fsp3) is 0.0952. The molecule has 230 valence electrons. The van der Waals surface area contributed by atoms with Crippen LogP contribution in [-0.2, 0) is 33.5 Å². The van der Waals surface area contributed by atoms with E-state index in [9.17, 15) is 0 Å². The Kier molecular flexibility index (Phi) is 6.89. The fourth-order valence-corrected chi connectivity index (χ4v) is 7.50. The maximum atomic E-state index is 4.73. The van der Waals surface area contributed by atoms with E-state index < -0.39 is 5.41 Å². The summed E-state index contributed by atoms with van der Waals surface area (Å²) < 4.78 is 6.60. The number of aryl methyl sites for hydroxylation is 1. The Bertz CT molecular complexity index is 2460. The molecule has 0 bridgehead atoms. The van der Waals surface area contributed by atoms with Gasteiger partial charge in [-0.2, -0.15) is 29.8 Å². The summed E-state index contributed by atoms with van der Waals surface area (Å²) in [5, 5.41) is 2.47. The molecule has 5 aromatic carbocycles. The smallest absolute Gasteiger partial charge is 0.241 e. The second kappa shape index (κ2) is 11.0. The molecule has 0 amide bonds. The molecule has 1 aliphatic rings. The molecule has 0 N–H and O–H groups in total. The van der Waals surface area contributed by atoms with Crippen molar-refractivity contribution in [3.63, 3.8) is 0 Å². The van der Waals surface area contributed by atoms with E-state index in [-0.39, 0.29) is 21.1 Å². The molecular formula is C42H30N4Pt-2. The van der Waals surface area contributed by atoms with E-state index in [1.165, 1.54) is 33.1 Å². The first-order chi connectivity index (χ1) is 22.6. The van der Waals surface area contributed by atoms with Gasteiger partial charge in [-0.1, -0.05) is 90.1 Å². The number of nitrogens with zero attached hydrogens (tertiary/aromatic N) is 4. The van der Waals surface area contributed by atoms with E-state index in [0.29, 0.717) is 0 Å². The van der Waals surface area contributed by atoms with Gasteiger partial charge in [0, 0.05) is 65.9 Å². The van der Waals surface area contributed by atoms with Gasteiger partial charge in [-0.25, -0.2) is 0 Å². The Labute approximate surface area is 288 Å². The summed E-state index contributed by atoms with van der Waals surface area (Å²) in [6.07, 6.45) is 5.34. The molecule has 0 fully saturated rings. The molecule has 3 aromatic heterocycles. The first kappa shape index (κ1) is 29.4. The van der Waals surface area contributed by atoms with Gasteiger partial charge in [-0.15, -0.1) is 23.8 Å². The summed E-state index contributed by atoms with van der Waals surface area (Å²) in [4.78, 5) is 4.73. The summed E-state index contributed by atoms with van der Waals surface area (Å²) in [6.45, 7) is 4.27. The molecule has 8 aromatic rings. The number of fused-ring (bicyclic) bond motifs is 5. The van der Waals surface area contributed by atoms with E-state index in [1.54, 1.807) is 0 Å². The molecule has 0 radical (unpaired) electrons. The third-order valence-corrected chi connectivity index (χ3v) is 9.82. The Hall–Kier alpha value is -5.05. The summed E-state index contributed by atoms with van der Waals surface area (Å²) in [5.74, 6) is 0. The van der Waals surface area contributed by atoms with Crippen molar-refractivity contribution in [2.75, 3.05) is 0 Å². The molecule has 0 saturated carbocycles. The Morgan fingerprint density at radius 1 is 0.723 bits per heavy atom. The van der Waals surface area contributed by atoms with Crippen LogP contribution in [0.5, 0.6) is 0 Å². The third kappa shape index (κ3) is 4.11. The van der Waals surface area contributed by atoms with Crippen LogP contribution in [0.3, 0.4) is 0 Å². The van der Waals surface area contributed by atoms with Crippen LogP contribution >= 0.6 is 0 Å². The molecule has 4 nitrogen and oxygen atoms in total. The minimum Gasteiger partial charge on any atom is -0.350 e. The molecule has 47 heavy (non-hydrogen) atoms. The van der Waals surface area contributed by atoms with Crippen molar-refractivity contribution in [3.8, 4) is 22.6 Å². The van der Waals surface area contributed by atoms with E-state index in [1.807, 2.05) is 29.9 Å². The van der Waals surface area contributed by atoms with Gasteiger partial charge in [-0.05, 0) is 48.5 Å². The summed E-state index contributed by atoms with van der Waals surface area (Å²) in [5.41, 5.74) is 12.4. The Morgan fingerprint density at radius 3 is 2.28 bits per heavy atom. The maximum absolute atomic E-state index is 4.73. The van der Waals surface area contributed by atoms with E-state index in [4.69, 9.17) is 4.98 Å². The summed E-state index contributed by atoms with van der Waals surface area (Å²) in [7, 11) is 2.04. The van der Waals surface area contributed by atoms with Gasteiger partial charge in [0.25, 0.3) is 0 Å². The maximum Gasteiger partial charge on any atom is 0.241 e. The second-order valence-electron chi connectivity index (χ2n) is 12.1. The standard InChI is InChI=1S/C42H30N4.Pt/c1-28-29(2)45(27-44(28)3)33-16-11-15-32(26-33)42(31-13-5-4-6-14-31)36-19-12-18-35-34-17-7-8-21-39(34)46(41(35)36)40-23-22-30(25-37(40)42)38-20-9-10-24-43-38;/h4-24H,1-3H3;/q-2;. The molecule has 4 heterocycles. The SMILES string of the molecule is Cc1c(C)[n+](C)[c-]n1-c1[c-]c(C2(c3ccccc3)c3[c-]c(-c4ccccn4)ccc3-n3c4ccccc4c4cccc2c43)ccc1.[Pt]. The Balaban J connectivity index is 0.00000324. The zero-order valence-corrected chi connectivity index (χ0v) is 28.5. The quantitative estimate of drug-likeness (QED) is 0.131. The molecule has 9 rings (SSSR count). The van der Waals surface area contributed by atoms with Crippen LogP contribution in [0.2, 0.25) is 0 Å². The van der Waals surface area contributed by atoms with Crippen molar-refractivity contribution < 1.29 is 25.6 Å². The third-order valence-electron chi connectivity index (χ3n) is 9.82. The normalized spacial score (nSPS) is 15.0. The van der Waals surface area contributed by atoms with Gasteiger partial charge in [0.05, 0.1) is 7.05 Å². The zero-order valence-electron chi connectivity index (χ0n) is 26.2. The van der Waals surface area contributed by atoms with Gasteiger partial charge in [0.1, 0.15) is 0 Å². The Morgan fingerprint density at radius 2 is 1.49 bits per heavy atom. The van der Waals surface area contributed by atoms with Crippen molar-refractivity contribution >= 4 is 21.8 Å². The number of rotatable bonds is 4. The van der Waals surface area contributed by atoms with Gasteiger partial charge in [0.15, 0.2) is 0 Å². The summed E-state index contributed by atoms with van der Waals surface area (Å²) in [6, 6.07) is 51.2. The van der Waals surface area contributed by atoms with Crippen LogP contribution in [0.4, 0.5) is 0 Å². The molecule has 0 spiro atoms. The molecule has 5 heteroatoms. The monoisotopic (exact) mass is 785 g/mol. The van der Waals surface area contributed by atoms with Crippen molar-refractivity contribution in [1.29, 1.82) is 0 Å². The topological polar surface area (TPSA) is 26.6 Å². The van der Waals surface area contributed by atoms with Crippen molar-refractivity contribution in [2.24, 2.45) is 7.05 Å². The van der Waals surface area contributed by atoms with E-state index in [2.05, 4.69) is 151 Å². The van der Waals surface area contributed by atoms with Gasteiger partial charge >= 0.3 is 0 Å². The number of pyridine rings is 1. The van der Waals surface area contributed by atoms with Gasteiger partial charge < -0.3 is 18.7 Å². The van der Waals surface area contributed by atoms with Crippen LogP contribution in [0.1, 0.15) is 33.6 Å². The second-order valence-corrected chi connectivity index (χ2v) is 12.1. The first-order valence-electron chi connectivity index (χ1n) is 15.6. The van der Waals surface area contributed by atoms with Crippen LogP contribution in [0.25, 0.3) is 44.4 Å². The summed E-state index contributed by atoms with van der Waals surface area (Å²) >= 11 is 0. The molecule has 1 aliphatic heterocycles. The number of hydrogen-bond donors (Lipinski definition) is 0. The number of aromatic nitrogens is 4. The molecule has 1 atom stereocenters. The molecule has 1 unspecified atom stereocenters. The number of benzene rings is 5. The molecular weight excluding hydrogens is 756 g/mol. The van der Waals surface area contributed by atoms with Crippen LogP contribution in [0.15, 0.2) is 128 Å². The van der Waals surface area contributed by atoms with Crippen molar-refractivity contribution in [1.82, 2.24) is 14.1 Å². The van der Waals surface area contributed by atoms with Crippen LogP contribution < -0.4 is 4.57 Å². The molecule has 0 saturated heterocycles. The number of hydrogen-bond acceptors (Lipinski definition) is 1. The predicted molar refractivity (Wildman–Crippen MR) is 182 cm³/mol.